The molecule has 0 aromatic heterocycles. The lowest BCUT2D eigenvalue weighted by Crippen LogP contribution is -2.07. The molecule has 9 heteroatoms. The Kier molecular flexibility index (Phi) is 4.97. The van der Waals surface area contributed by atoms with E-state index in [9.17, 15) is 13.2 Å². The Morgan fingerprint density at radius 1 is 1.32 bits per heavy atom. The van der Waals surface area contributed by atoms with Gasteiger partial charge in [0.05, 0.1) is 16.3 Å². The smallest absolute Gasteiger partial charge is 0.274 e. The molecule has 0 fully saturated rings. The standard InChI is InChI=1S/C10H3ClF3IN4/c11-7-1-5(10(12,13)14)2-8(15)9(7)19-18-6(3-16)4-17/h1-2,19H. The minimum atomic E-state index is -4.50. The van der Waals surface area contributed by atoms with Gasteiger partial charge in [0.25, 0.3) is 0 Å². The molecule has 1 N–H and O–H groups in total. The second kappa shape index (κ2) is 6.08. The molecule has 0 saturated carbocycles. The van der Waals surface area contributed by atoms with Gasteiger partial charge in [0.15, 0.2) is 0 Å². The molecule has 0 spiro atoms. The van der Waals surface area contributed by atoms with Gasteiger partial charge in [-0.05, 0) is 34.7 Å². The molecule has 0 saturated heterocycles. The second-order valence-corrected chi connectivity index (χ2v) is 4.68. The molecule has 0 amide bonds. The summed E-state index contributed by atoms with van der Waals surface area (Å²) in [7, 11) is 0. The number of halogens is 5. The lowest BCUT2D eigenvalue weighted by Gasteiger charge is -2.11. The van der Waals surface area contributed by atoms with Gasteiger partial charge < -0.3 is 0 Å². The van der Waals surface area contributed by atoms with E-state index in [1.807, 2.05) is 0 Å². The number of hydrogen-bond donors (Lipinski definition) is 1. The van der Waals surface area contributed by atoms with Crippen molar-refractivity contribution in [2.75, 3.05) is 5.43 Å². The molecule has 1 aromatic rings. The Morgan fingerprint density at radius 2 is 1.89 bits per heavy atom. The van der Waals surface area contributed by atoms with Crippen LogP contribution in [0.5, 0.6) is 0 Å². The van der Waals surface area contributed by atoms with E-state index in [4.69, 9.17) is 22.1 Å². The monoisotopic (exact) mass is 398 g/mol. The van der Waals surface area contributed by atoms with Crippen molar-refractivity contribution in [3.8, 4) is 12.1 Å². The first-order valence-electron chi connectivity index (χ1n) is 4.49. The number of anilines is 1. The summed E-state index contributed by atoms with van der Waals surface area (Å²) in [5, 5.41) is 20.1. The molecule has 98 valence electrons. The molecule has 1 aromatic carbocycles. The van der Waals surface area contributed by atoms with Gasteiger partial charge in [0.1, 0.15) is 12.1 Å². The Bertz CT molecular complexity index is 574. The lowest BCUT2D eigenvalue weighted by molar-refractivity contribution is -0.137. The zero-order chi connectivity index (χ0) is 14.6. The minimum Gasteiger partial charge on any atom is -0.274 e. The minimum absolute atomic E-state index is 0.0956. The lowest BCUT2D eigenvalue weighted by atomic mass is 10.2. The van der Waals surface area contributed by atoms with Crippen molar-refractivity contribution in [3.05, 3.63) is 26.3 Å². The van der Waals surface area contributed by atoms with Gasteiger partial charge in [-0.25, -0.2) is 0 Å². The fourth-order valence-electron chi connectivity index (χ4n) is 1.03. The third kappa shape index (κ3) is 3.98. The highest BCUT2D eigenvalue weighted by molar-refractivity contribution is 14.1. The molecule has 0 atom stereocenters. The van der Waals surface area contributed by atoms with Crippen molar-refractivity contribution >= 4 is 45.6 Å². The Balaban J connectivity index is 3.17. The van der Waals surface area contributed by atoms with Crippen LogP contribution in [0.1, 0.15) is 5.56 Å². The normalized spacial score (nSPS) is 10.3. The van der Waals surface area contributed by atoms with Crippen molar-refractivity contribution in [1.29, 1.82) is 10.5 Å². The summed E-state index contributed by atoms with van der Waals surface area (Å²) in [5.74, 6) is 0. The first kappa shape index (κ1) is 15.5. The van der Waals surface area contributed by atoms with Crippen molar-refractivity contribution in [3.63, 3.8) is 0 Å². The molecule has 0 aliphatic rings. The van der Waals surface area contributed by atoms with Crippen molar-refractivity contribution in [2.45, 2.75) is 6.18 Å². The predicted molar refractivity (Wildman–Crippen MR) is 71.5 cm³/mol. The summed E-state index contributed by atoms with van der Waals surface area (Å²) in [6.07, 6.45) is -4.50. The quantitative estimate of drug-likeness (QED) is 0.468. The summed E-state index contributed by atoms with van der Waals surface area (Å²) in [6.45, 7) is 0. The van der Waals surface area contributed by atoms with E-state index in [-0.39, 0.29) is 14.3 Å². The Labute approximate surface area is 124 Å². The second-order valence-electron chi connectivity index (χ2n) is 3.11. The summed E-state index contributed by atoms with van der Waals surface area (Å²) in [4.78, 5) is 0. The molecule has 4 nitrogen and oxygen atoms in total. The summed E-state index contributed by atoms with van der Waals surface area (Å²) < 4.78 is 37.7. The molecule has 0 radical (unpaired) electrons. The van der Waals surface area contributed by atoms with Crippen LogP contribution in [0, 0.1) is 26.2 Å². The average Bonchev–Trinajstić information content (AvgIpc) is 2.31. The van der Waals surface area contributed by atoms with Gasteiger partial charge in [-0.2, -0.15) is 28.8 Å². The van der Waals surface area contributed by atoms with Crippen LogP contribution in [0.25, 0.3) is 0 Å². The fraction of sp³-hybridized carbons (Fsp3) is 0.100. The van der Waals surface area contributed by atoms with Crippen molar-refractivity contribution < 1.29 is 13.2 Å². The largest absolute Gasteiger partial charge is 0.416 e. The maximum atomic E-state index is 12.5. The van der Waals surface area contributed by atoms with E-state index >= 15 is 0 Å². The SMILES string of the molecule is N#CC(C#N)=NNc1c(Cl)cc(C(F)(F)F)cc1I. The van der Waals surface area contributed by atoms with Crippen LogP contribution in [0.4, 0.5) is 18.9 Å². The van der Waals surface area contributed by atoms with E-state index in [2.05, 4.69) is 10.5 Å². The molecular formula is C10H3ClF3IN4. The van der Waals surface area contributed by atoms with E-state index in [0.717, 1.165) is 12.1 Å². The number of nitriles is 2. The van der Waals surface area contributed by atoms with Crippen LogP contribution in [0.15, 0.2) is 17.2 Å². The van der Waals surface area contributed by atoms with Gasteiger partial charge >= 0.3 is 6.18 Å². The number of hydrazone groups is 1. The van der Waals surface area contributed by atoms with E-state index in [1.165, 1.54) is 12.1 Å². The van der Waals surface area contributed by atoms with Crippen LogP contribution >= 0.6 is 34.2 Å². The fourth-order valence-corrected chi connectivity index (χ4v) is 2.20. The first-order valence-corrected chi connectivity index (χ1v) is 5.95. The molecule has 0 aliphatic carbocycles. The topological polar surface area (TPSA) is 72.0 Å². The Morgan fingerprint density at radius 3 is 2.32 bits per heavy atom. The molecule has 0 bridgehead atoms. The van der Waals surface area contributed by atoms with Crippen molar-refractivity contribution in [1.82, 2.24) is 0 Å². The average molecular weight is 399 g/mol. The zero-order valence-electron chi connectivity index (χ0n) is 8.89. The highest BCUT2D eigenvalue weighted by Gasteiger charge is 2.31. The number of nitrogens with zero attached hydrogens (tertiary/aromatic N) is 3. The van der Waals surface area contributed by atoms with Gasteiger partial charge in [-0.3, -0.25) is 5.43 Å². The summed E-state index contributed by atoms with van der Waals surface area (Å²) in [5.41, 5.74) is 1.04. The molecule has 1 rings (SSSR count). The van der Waals surface area contributed by atoms with Crippen LogP contribution in [-0.4, -0.2) is 5.71 Å². The van der Waals surface area contributed by atoms with Crippen LogP contribution < -0.4 is 5.43 Å². The van der Waals surface area contributed by atoms with Crippen molar-refractivity contribution in [2.24, 2.45) is 5.10 Å². The van der Waals surface area contributed by atoms with Crippen LogP contribution in [0.3, 0.4) is 0 Å². The third-order valence-corrected chi connectivity index (χ3v) is 3.01. The highest BCUT2D eigenvalue weighted by atomic mass is 127. The maximum absolute atomic E-state index is 12.5. The van der Waals surface area contributed by atoms with Crippen LogP contribution in [0.2, 0.25) is 5.02 Å². The van der Waals surface area contributed by atoms with E-state index in [0.29, 0.717) is 0 Å². The maximum Gasteiger partial charge on any atom is 0.416 e. The predicted octanol–water partition coefficient (Wildman–Crippen LogP) is 3.78. The van der Waals surface area contributed by atoms with Gasteiger partial charge in [-0.1, -0.05) is 11.6 Å². The van der Waals surface area contributed by atoms with Gasteiger partial charge in [0.2, 0.25) is 5.71 Å². The molecule has 0 aliphatic heterocycles. The molecule has 0 heterocycles. The number of hydrogen-bond acceptors (Lipinski definition) is 4. The van der Waals surface area contributed by atoms with Crippen LogP contribution in [-0.2, 0) is 6.18 Å². The molecular weight excluding hydrogens is 395 g/mol. The summed E-state index contributed by atoms with van der Waals surface area (Å²) in [6, 6.07) is 4.61. The number of nitrogens with one attached hydrogen (secondary N) is 1. The summed E-state index contributed by atoms with van der Waals surface area (Å²) >= 11 is 7.35. The molecule has 0 unspecified atom stereocenters. The highest BCUT2D eigenvalue weighted by Crippen LogP contribution is 2.36. The van der Waals surface area contributed by atoms with E-state index in [1.54, 1.807) is 22.6 Å². The number of rotatable bonds is 2. The number of benzene rings is 1. The first-order chi connectivity index (χ1) is 8.79. The van der Waals surface area contributed by atoms with Gasteiger partial charge in [-0.15, -0.1) is 0 Å². The van der Waals surface area contributed by atoms with Gasteiger partial charge in [0, 0.05) is 3.57 Å². The van der Waals surface area contributed by atoms with E-state index < -0.39 is 17.5 Å². The third-order valence-electron chi connectivity index (χ3n) is 1.86. The zero-order valence-corrected chi connectivity index (χ0v) is 11.8. The Hall–Kier alpha value is -1.52. The molecule has 19 heavy (non-hydrogen) atoms. The number of alkyl halides is 3.